The first kappa shape index (κ1) is 21.9. The van der Waals surface area contributed by atoms with Crippen LogP contribution < -0.4 is 21.7 Å². The number of benzene rings is 1. The molecule has 0 spiro atoms. The third-order valence-corrected chi connectivity index (χ3v) is 3.53. The summed E-state index contributed by atoms with van der Waals surface area (Å²) in [7, 11) is 1.35. The quantitative estimate of drug-likeness (QED) is 0.459. The summed E-state index contributed by atoms with van der Waals surface area (Å²) in [6, 6.07) is 5.94. The maximum absolute atomic E-state index is 13.2. The average molecular weight is 412 g/mol. The van der Waals surface area contributed by atoms with Crippen LogP contribution in [0.25, 0.3) is 0 Å². The van der Waals surface area contributed by atoms with Crippen LogP contribution in [0.1, 0.15) is 15.9 Å². The van der Waals surface area contributed by atoms with Crippen molar-refractivity contribution in [1.29, 1.82) is 0 Å². The molecule has 0 unspecified atom stereocenters. The summed E-state index contributed by atoms with van der Waals surface area (Å²) in [6.45, 7) is -0.0763. The molecule has 156 valence electrons. The number of anilines is 3. The van der Waals surface area contributed by atoms with E-state index in [-0.39, 0.29) is 31.2 Å². The lowest BCUT2D eigenvalue weighted by atomic mass is 10.2. The van der Waals surface area contributed by atoms with E-state index in [0.29, 0.717) is 11.9 Å². The molecule has 1 aromatic heterocycles. The molecule has 2 amide bonds. The highest BCUT2D eigenvalue weighted by molar-refractivity contribution is 5.93. The number of alkyl halides is 3. The van der Waals surface area contributed by atoms with Crippen molar-refractivity contribution in [2.45, 2.75) is 6.18 Å². The van der Waals surface area contributed by atoms with Crippen molar-refractivity contribution in [3.8, 4) is 0 Å². The lowest BCUT2D eigenvalue weighted by molar-refractivity contribution is -0.137. The van der Waals surface area contributed by atoms with Gasteiger partial charge in [0.25, 0.3) is 0 Å². The molecule has 0 bridgehead atoms. The highest BCUT2D eigenvalue weighted by Gasteiger charge is 2.35. The highest BCUT2D eigenvalue weighted by atomic mass is 19.4. The summed E-state index contributed by atoms with van der Waals surface area (Å²) in [4.78, 5) is 29.9. The van der Waals surface area contributed by atoms with Crippen molar-refractivity contribution >= 4 is 29.3 Å². The maximum Gasteiger partial charge on any atom is 0.421 e. The van der Waals surface area contributed by atoms with E-state index in [1.165, 1.54) is 31.4 Å². The van der Waals surface area contributed by atoms with Gasteiger partial charge in [-0.2, -0.15) is 18.2 Å². The smallest absolute Gasteiger partial charge is 0.375 e. The van der Waals surface area contributed by atoms with E-state index < -0.39 is 29.4 Å². The van der Waals surface area contributed by atoms with Crippen LogP contribution in [0, 0.1) is 0 Å². The first-order valence-electron chi connectivity index (χ1n) is 8.31. The Morgan fingerprint density at radius 1 is 1.17 bits per heavy atom. The molecule has 0 aliphatic carbocycles. The lowest BCUT2D eigenvalue weighted by Gasteiger charge is -2.15. The third-order valence-electron chi connectivity index (χ3n) is 3.53. The molecule has 5 N–H and O–H groups in total. The van der Waals surface area contributed by atoms with Crippen LogP contribution in [0.15, 0.2) is 30.5 Å². The van der Waals surface area contributed by atoms with Gasteiger partial charge in [0, 0.05) is 37.6 Å². The number of hydrogen-bond donors (Lipinski definition) is 4. The number of hydrogen-bond acceptors (Lipinski definition) is 7. The minimum absolute atomic E-state index is 0.00228. The largest absolute Gasteiger partial charge is 0.421 e. The van der Waals surface area contributed by atoms with Gasteiger partial charge < -0.3 is 26.4 Å². The summed E-state index contributed by atoms with van der Waals surface area (Å²) in [5, 5.41) is 7.76. The summed E-state index contributed by atoms with van der Waals surface area (Å²) in [5.41, 5.74) is 4.84. The van der Waals surface area contributed by atoms with E-state index >= 15 is 0 Å². The number of carbonyl (C=O) groups excluding carboxylic acids is 2. The maximum atomic E-state index is 13.2. The summed E-state index contributed by atoms with van der Waals surface area (Å²) >= 11 is 0. The molecule has 0 aliphatic heterocycles. The zero-order valence-corrected chi connectivity index (χ0v) is 15.3. The second kappa shape index (κ2) is 9.68. The van der Waals surface area contributed by atoms with Gasteiger partial charge in [-0.15, -0.1) is 0 Å². The zero-order chi connectivity index (χ0) is 21.4. The van der Waals surface area contributed by atoms with Crippen LogP contribution >= 0.6 is 0 Å². The SMILES string of the molecule is COCC(=O)NCCNc1nc(Nc2ccc(C(N)=O)cc2)ncc1C(F)(F)F. The highest BCUT2D eigenvalue weighted by Crippen LogP contribution is 2.34. The number of amides is 2. The number of carbonyl (C=O) groups is 2. The van der Waals surface area contributed by atoms with Gasteiger partial charge in [0.2, 0.25) is 17.8 Å². The summed E-state index contributed by atoms with van der Waals surface area (Å²) in [6.07, 6.45) is -4.01. The molecule has 0 saturated carbocycles. The fourth-order valence-corrected chi connectivity index (χ4v) is 2.20. The first-order valence-corrected chi connectivity index (χ1v) is 8.31. The Morgan fingerprint density at radius 2 is 1.86 bits per heavy atom. The normalized spacial score (nSPS) is 11.0. The molecule has 1 aromatic carbocycles. The minimum atomic E-state index is -4.66. The molecule has 29 heavy (non-hydrogen) atoms. The predicted octanol–water partition coefficient (Wildman–Crippen LogP) is 1.51. The van der Waals surface area contributed by atoms with Crippen LogP contribution in [-0.4, -0.2) is 48.6 Å². The van der Waals surface area contributed by atoms with Crippen molar-refractivity contribution in [3.05, 3.63) is 41.6 Å². The molecular weight excluding hydrogens is 393 g/mol. The van der Waals surface area contributed by atoms with E-state index in [1.807, 2.05) is 0 Å². The van der Waals surface area contributed by atoms with E-state index in [9.17, 15) is 22.8 Å². The average Bonchev–Trinajstić information content (AvgIpc) is 2.65. The summed E-state index contributed by atoms with van der Waals surface area (Å²) in [5.74, 6) is -1.53. The van der Waals surface area contributed by atoms with Gasteiger partial charge in [-0.3, -0.25) is 9.59 Å². The second-order valence-electron chi connectivity index (χ2n) is 5.73. The topological polar surface area (TPSA) is 131 Å². The standard InChI is InChI=1S/C17H19F3N6O3/c1-29-9-13(27)22-6-7-23-15-12(17(18,19)20)8-24-16(26-15)25-11-4-2-10(3-5-11)14(21)28/h2-5,8H,6-7,9H2,1H3,(H2,21,28)(H,22,27)(H2,23,24,25,26). The van der Waals surface area contributed by atoms with Crippen molar-refractivity contribution in [1.82, 2.24) is 15.3 Å². The fraction of sp³-hybridized carbons (Fsp3) is 0.294. The van der Waals surface area contributed by atoms with Gasteiger partial charge in [0.05, 0.1) is 0 Å². The van der Waals surface area contributed by atoms with Crippen molar-refractivity contribution in [3.63, 3.8) is 0 Å². The van der Waals surface area contributed by atoms with Crippen LogP contribution in [-0.2, 0) is 15.7 Å². The Balaban J connectivity index is 2.11. The molecule has 0 fully saturated rings. The molecule has 9 nitrogen and oxygen atoms in total. The van der Waals surface area contributed by atoms with E-state index in [0.717, 1.165) is 0 Å². The number of nitrogens with two attached hydrogens (primary N) is 1. The van der Waals surface area contributed by atoms with Gasteiger partial charge >= 0.3 is 6.18 Å². The summed E-state index contributed by atoms with van der Waals surface area (Å²) < 4.78 is 44.2. The number of aromatic nitrogens is 2. The molecule has 1 heterocycles. The van der Waals surface area contributed by atoms with Crippen molar-refractivity contribution in [2.75, 3.05) is 37.4 Å². The Bertz CT molecular complexity index is 858. The van der Waals surface area contributed by atoms with E-state index in [2.05, 4.69) is 30.7 Å². The number of nitrogens with one attached hydrogen (secondary N) is 3. The predicted molar refractivity (Wildman–Crippen MR) is 98.7 cm³/mol. The second-order valence-corrected chi connectivity index (χ2v) is 5.73. The number of methoxy groups -OCH3 is 1. The molecule has 0 saturated heterocycles. The van der Waals surface area contributed by atoms with Gasteiger partial charge in [-0.25, -0.2) is 4.98 Å². The van der Waals surface area contributed by atoms with Crippen LogP contribution in [0.4, 0.5) is 30.6 Å². The monoisotopic (exact) mass is 412 g/mol. The number of halogens is 3. The molecule has 2 aromatic rings. The van der Waals surface area contributed by atoms with Crippen LogP contribution in [0.5, 0.6) is 0 Å². The first-order chi connectivity index (χ1) is 13.7. The Morgan fingerprint density at radius 3 is 2.45 bits per heavy atom. The molecule has 0 radical (unpaired) electrons. The van der Waals surface area contributed by atoms with Gasteiger partial charge in [-0.05, 0) is 24.3 Å². The minimum Gasteiger partial charge on any atom is -0.375 e. The number of primary amides is 1. The van der Waals surface area contributed by atoms with E-state index in [4.69, 9.17) is 5.73 Å². The number of ether oxygens (including phenoxy) is 1. The lowest BCUT2D eigenvalue weighted by Crippen LogP contribution is -2.31. The van der Waals surface area contributed by atoms with Gasteiger partial charge in [-0.1, -0.05) is 0 Å². The Kier molecular flexibility index (Phi) is 7.31. The number of nitrogens with zero attached hydrogens (tertiary/aromatic N) is 2. The molecule has 2 rings (SSSR count). The van der Waals surface area contributed by atoms with Gasteiger partial charge in [0.15, 0.2) is 0 Å². The molecule has 0 aliphatic rings. The van der Waals surface area contributed by atoms with Crippen LogP contribution in [0.2, 0.25) is 0 Å². The Labute approximate surface area is 163 Å². The van der Waals surface area contributed by atoms with Crippen molar-refractivity contribution in [2.24, 2.45) is 5.73 Å². The fourth-order valence-electron chi connectivity index (χ4n) is 2.20. The Hall–Kier alpha value is -3.41. The van der Waals surface area contributed by atoms with Crippen molar-refractivity contribution < 1.29 is 27.5 Å². The molecular formula is C17H19F3N6O3. The van der Waals surface area contributed by atoms with Gasteiger partial charge in [0.1, 0.15) is 18.0 Å². The zero-order valence-electron chi connectivity index (χ0n) is 15.3. The third kappa shape index (κ3) is 6.60. The van der Waals surface area contributed by atoms with E-state index in [1.54, 1.807) is 0 Å². The van der Waals surface area contributed by atoms with Crippen LogP contribution in [0.3, 0.4) is 0 Å². The number of rotatable bonds is 9. The molecule has 0 atom stereocenters. The molecule has 12 heteroatoms.